The third-order valence-electron chi connectivity index (χ3n) is 5.95. The normalized spacial score (nSPS) is 15.6. The Morgan fingerprint density at radius 1 is 1.31 bits per heavy atom. The molecule has 1 N–H and O–H groups in total. The van der Waals surface area contributed by atoms with Crippen molar-refractivity contribution in [2.75, 3.05) is 46.9 Å². The average molecular weight is 496 g/mol. The molecule has 8 nitrogen and oxygen atoms in total. The van der Waals surface area contributed by atoms with Crippen molar-refractivity contribution in [2.45, 2.75) is 25.8 Å². The van der Waals surface area contributed by atoms with Crippen molar-refractivity contribution in [1.82, 2.24) is 15.1 Å². The van der Waals surface area contributed by atoms with Gasteiger partial charge in [0.25, 0.3) is 5.91 Å². The number of carbonyl (C=O) groups excluding carboxylic acids is 2. The van der Waals surface area contributed by atoms with Crippen LogP contribution in [0.15, 0.2) is 34.6 Å². The van der Waals surface area contributed by atoms with E-state index in [0.717, 1.165) is 63.5 Å². The van der Waals surface area contributed by atoms with Crippen LogP contribution in [0, 0.1) is 17.2 Å². The van der Waals surface area contributed by atoms with E-state index in [2.05, 4.69) is 21.3 Å². The zero-order valence-electron chi connectivity index (χ0n) is 20.4. The van der Waals surface area contributed by atoms with Gasteiger partial charge < -0.3 is 19.9 Å². The Morgan fingerprint density at radius 2 is 2.06 bits per heavy atom. The van der Waals surface area contributed by atoms with Crippen LogP contribution < -0.4 is 5.32 Å². The maximum atomic E-state index is 13.0. The maximum Gasteiger partial charge on any atom is 0.266 e. The molecule has 2 saturated heterocycles. The molecule has 1 amide bonds. The van der Waals surface area contributed by atoms with Gasteiger partial charge in [-0.15, -0.1) is 11.3 Å². The molecule has 3 heterocycles. The van der Waals surface area contributed by atoms with Crippen molar-refractivity contribution in [3.63, 3.8) is 0 Å². The SMILES string of the molecule is CN(Cc1ccccc1C#N)C(=O)c1scc(C=O)c1N=CN1CCCCC1.CNCC1COC1. The molecule has 186 valence electrons. The topological polar surface area (TPSA) is 98.0 Å². The molecule has 0 bridgehead atoms. The first kappa shape index (κ1) is 26.5. The summed E-state index contributed by atoms with van der Waals surface area (Å²) in [6, 6.07) is 9.36. The summed E-state index contributed by atoms with van der Waals surface area (Å²) >= 11 is 1.22. The number of aldehydes is 1. The molecule has 35 heavy (non-hydrogen) atoms. The van der Waals surface area contributed by atoms with E-state index in [9.17, 15) is 14.9 Å². The van der Waals surface area contributed by atoms with Gasteiger partial charge >= 0.3 is 0 Å². The molecule has 2 aliphatic heterocycles. The summed E-state index contributed by atoms with van der Waals surface area (Å²) in [7, 11) is 3.66. The number of rotatable bonds is 8. The van der Waals surface area contributed by atoms with Gasteiger partial charge in [-0.3, -0.25) is 9.59 Å². The van der Waals surface area contributed by atoms with Crippen LogP contribution in [0.25, 0.3) is 0 Å². The standard InChI is InChI=1S/C21H22N4O2S.C5H11NO/c1-24(12-17-8-4-3-7-16(17)11-22)21(27)20-19(18(13-26)14-28-20)23-15-25-9-5-2-6-10-25;1-6-2-5-3-7-4-5/h3-4,7-8,13-15H,2,5-6,9-10,12H2,1H3;5-6H,2-4H2,1H3. The number of nitrogens with zero attached hydrogens (tertiary/aromatic N) is 4. The quantitative estimate of drug-likeness (QED) is 0.341. The van der Waals surface area contributed by atoms with Gasteiger partial charge in [0.15, 0.2) is 6.29 Å². The monoisotopic (exact) mass is 495 g/mol. The fourth-order valence-corrected chi connectivity index (χ4v) is 4.82. The van der Waals surface area contributed by atoms with Gasteiger partial charge in [-0.05, 0) is 37.9 Å². The number of aliphatic imine (C=N–C) groups is 1. The van der Waals surface area contributed by atoms with E-state index < -0.39 is 0 Å². The fourth-order valence-electron chi connectivity index (χ4n) is 3.87. The van der Waals surface area contributed by atoms with E-state index in [1.54, 1.807) is 35.8 Å². The molecule has 2 aromatic rings. The predicted octanol–water partition coefficient (Wildman–Crippen LogP) is 3.70. The van der Waals surface area contributed by atoms with Crippen LogP contribution >= 0.6 is 11.3 Å². The van der Waals surface area contributed by atoms with E-state index in [1.807, 2.05) is 19.2 Å². The highest BCUT2D eigenvalue weighted by Gasteiger charge is 2.22. The number of likely N-dealkylation sites (tertiary alicyclic amines) is 1. The number of hydrogen-bond donors (Lipinski definition) is 1. The minimum absolute atomic E-state index is 0.211. The number of piperidine rings is 1. The van der Waals surface area contributed by atoms with Gasteiger partial charge in [0.2, 0.25) is 0 Å². The molecule has 1 aromatic carbocycles. The molecule has 2 aliphatic rings. The first-order valence-electron chi connectivity index (χ1n) is 11.9. The largest absolute Gasteiger partial charge is 0.381 e. The molecule has 4 rings (SSSR count). The van der Waals surface area contributed by atoms with Crippen LogP contribution in [0.4, 0.5) is 5.69 Å². The first-order valence-corrected chi connectivity index (χ1v) is 12.8. The average Bonchev–Trinajstić information content (AvgIpc) is 3.28. The minimum atomic E-state index is -0.211. The van der Waals surface area contributed by atoms with Crippen LogP contribution in [0.1, 0.15) is 50.4 Å². The summed E-state index contributed by atoms with van der Waals surface area (Å²) in [6.45, 7) is 5.23. The van der Waals surface area contributed by atoms with Gasteiger partial charge in [-0.1, -0.05) is 18.2 Å². The van der Waals surface area contributed by atoms with Crippen LogP contribution in [-0.4, -0.2) is 75.3 Å². The number of hydrogen-bond acceptors (Lipinski definition) is 7. The fraction of sp³-hybridized carbons (Fsp3) is 0.462. The van der Waals surface area contributed by atoms with E-state index in [-0.39, 0.29) is 5.91 Å². The van der Waals surface area contributed by atoms with Crippen molar-refractivity contribution in [3.8, 4) is 6.07 Å². The number of nitriles is 1. The number of nitrogens with one attached hydrogen (secondary N) is 1. The third kappa shape index (κ3) is 7.46. The van der Waals surface area contributed by atoms with E-state index in [1.165, 1.54) is 17.8 Å². The summed E-state index contributed by atoms with van der Waals surface area (Å²) in [6.07, 6.45) is 5.96. The molecule has 2 fully saturated rings. The second-order valence-electron chi connectivity index (χ2n) is 8.72. The molecule has 9 heteroatoms. The smallest absolute Gasteiger partial charge is 0.266 e. The lowest BCUT2D eigenvalue weighted by Crippen LogP contribution is -2.35. The minimum Gasteiger partial charge on any atom is -0.381 e. The number of benzene rings is 1. The lowest BCUT2D eigenvalue weighted by atomic mass is 10.1. The molecule has 1 aromatic heterocycles. The molecule has 0 unspecified atom stereocenters. The van der Waals surface area contributed by atoms with Crippen LogP contribution in [0.5, 0.6) is 0 Å². The van der Waals surface area contributed by atoms with Crippen LogP contribution in [0.2, 0.25) is 0 Å². The Morgan fingerprint density at radius 3 is 2.66 bits per heavy atom. The van der Waals surface area contributed by atoms with Crippen molar-refractivity contribution < 1.29 is 14.3 Å². The molecule has 0 atom stereocenters. The second kappa shape index (κ2) is 13.7. The highest BCUT2D eigenvalue weighted by Crippen LogP contribution is 2.31. The van der Waals surface area contributed by atoms with E-state index >= 15 is 0 Å². The summed E-state index contributed by atoms with van der Waals surface area (Å²) in [4.78, 5) is 33.0. The number of carbonyl (C=O) groups is 2. The predicted molar refractivity (Wildman–Crippen MR) is 138 cm³/mol. The second-order valence-corrected chi connectivity index (χ2v) is 9.60. The van der Waals surface area contributed by atoms with Crippen LogP contribution in [0.3, 0.4) is 0 Å². The molecular formula is C26H33N5O3S. The van der Waals surface area contributed by atoms with Crippen molar-refractivity contribution in [3.05, 3.63) is 51.2 Å². The summed E-state index contributed by atoms with van der Waals surface area (Å²) in [5.41, 5.74) is 2.18. The number of amides is 1. The zero-order chi connectivity index (χ0) is 25.0. The van der Waals surface area contributed by atoms with Crippen molar-refractivity contribution >= 4 is 35.6 Å². The maximum absolute atomic E-state index is 13.0. The summed E-state index contributed by atoms with van der Waals surface area (Å²) in [5.74, 6) is 0.585. The molecule has 0 saturated carbocycles. The third-order valence-corrected chi connectivity index (χ3v) is 6.92. The molecule has 0 aliphatic carbocycles. The summed E-state index contributed by atoms with van der Waals surface area (Å²) < 4.78 is 4.95. The number of ether oxygens (including phenoxy) is 1. The van der Waals surface area contributed by atoms with Gasteiger partial charge in [0.05, 0.1) is 42.4 Å². The Bertz CT molecular complexity index is 1050. The molecule has 0 spiro atoms. The van der Waals surface area contributed by atoms with Gasteiger partial charge in [-0.25, -0.2) is 4.99 Å². The Kier molecular flexibility index (Phi) is 10.4. The molecule has 0 radical (unpaired) electrons. The lowest BCUT2D eigenvalue weighted by molar-refractivity contribution is -0.0298. The Balaban J connectivity index is 0.000000420. The Hall–Kier alpha value is -3.06. The number of thiophene rings is 1. The van der Waals surface area contributed by atoms with E-state index in [0.29, 0.717) is 28.2 Å². The van der Waals surface area contributed by atoms with Crippen molar-refractivity contribution in [1.29, 1.82) is 5.26 Å². The zero-order valence-corrected chi connectivity index (χ0v) is 21.2. The van der Waals surface area contributed by atoms with Gasteiger partial charge in [-0.2, -0.15) is 5.26 Å². The summed E-state index contributed by atoms with van der Waals surface area (Å²) in [5, 5.41) is 14.0. The van der Waals surface area contributed by atoms with Gasteiger partial charge in [0.1, 0.15) is 4.88 Å². The highest BCUT2D eigenvalue weighted by molar-refractivity contribution is 7.13. The highest BCUT2D eigenvalue weighted by atomic mass is 32.1. The molecular weight excluding hydrogens is 462 g/mol. The Labute approximate surface area is 211 Å². The lowest BCUT2D eigenvalue weighted by Gasteiger charge is -2.25. The van der Waals surface area contributed by atoms with E-state index in [4.69, 9.17) is 4.74 Å². The van der Waals surface area contributed by atoms with Crippen LogP contribution in [-0.2, 0) is 11.3 Å². The van der Waals surface area contributed by atoms with Crippen molar-refractivity contribution in [2.24, 2.45) is 10.9 Å². The van der Waals surface area contributed by atoms with Gasteiger partial charge in [0, 0.05) is 44.5 Å². The first-order chi connectivity index (χ1) is 17.1.